The highest BCUT2D eigenvalue weighted by molar-refractivity contribution is 7.98. The van der Waals surface area contributed by atoms with Gasteiger partial charge in [0.25, 0.3) is 0 Å². The van der Waals surface area contributed by atoms with Crippen molar-refractivity contribution in [3.63, 3.8) is 0 Å². The minimum absolute atomic E-state index is 0.136. The summed E-state index contributed by atoms with van der Waals surface area (Å²) < 4.78 is 43.0. The lowest BCUT2D eigenvalue weighted by molar-refractivity contribution is -0.203. The van der Waals surface area contributed by atoms with E-state index < -0.39 is 11.6 Å². The van der Waals surface area contributed by atoms with Gasteiger partial charge in [0.05, 0.1) is 17.6 Å². The summed E-state index contributed by atoms with van der Waals surface area (Å²) in [6, 6.07) is 6.05. The van der Waals surface area contributed by atoms with Crippen LogP contribution in [0.2, 0.25) is 0 Å². The molecule has 1 aromatic rings. The second-order valence-electron chi connectivity index (χ2n) is 16.0. The van der Waals surface area contributed by atoms with Crippen LogP contribution < -0.4 is 10.0 Å². The largest absolute Gasteiger partial charge is 0.398 e. The Hall–Kier alpha value is -1.45. The zero-order chi connectivity index (χ0) is 32.4. The Bertz CT molecular complexity index is 1220. The van der Waals surface area contributed by atoms with Crippen LogP contribution in [0.3, 0.4) is 0 Å². The molecule has 252 valence electrons. The first-order valence-corrected chi connectivity index (χ1v) is 18.3. The van der Waals surface area contributed by atoms with E-state index in [1.54, 1.807) is 12.1 Å². The molecule has 0 bridgehead atoms. The Morgan fingerprint density at radius 1 is 0.978 bits per heavy atom. The van der Waals surface area contributed by atoms with Gasteiger partial charge in [-0.3, -0.25) is 4.72 Å². The van der Waals surface area contributed by atoms with Gasteiger partial charge in [-0.1, -0.05) is 46.2 Å². The predicted octanol–water partition coefficient (Wildman–Crippen LogP) is 8.24. The maximum Gasteiger partial charge on any atom is 0.398 e. The number of nitrogens with one attached hydrogen (secondary N) is 2. The van der Waals surface area contributed by atoms with Crippen molar-refractivity contribution in [2.24, 2.45) is 52.3 Å². The molecule has 5 fully saturated rings. The number of urea groups is 1. The van der Waals surface area contributed by atoms with Gasteiger partial charge in [-0.15, -0.1) is 0 Å². The minimum atomic E-state index is -4.23. The zero-order valence-corrected chi connectivity index (χ0v) is 28.2. The maximum atomic E-state index is 13.4. The van der Waals surface area contributed by atoms with Crippen LogP contribution in [-0.2, 0) is 5.41 Å². The van der Waals surface area contributed by atoms with E-state index in [-0.39, 0.29) is 47.8 Å². The van der Waals surface area contributed by atoms with Crippen LogP contribution in [0.1, 0.15) is 104 Å². The molecule has 45 heavy (non-hydrogen) atoms. The zero-order valence-electron chi connectivity index (χ0n) is 27.3. The number of aliphatic hydroxyl groups excluding tert-OH is 2. The summed E-state index contributed by atoms with van der Waals surface area (Å²) in [7, 11) is 0. The predicted molar refractivity (Wildman–Crippen MR) is 171 cm³/mol. The monoisotopic (exact) mass is 650 g/mol. The molecule has 5 nitrogen and oxygen atoms in total. The number of halogens is 3. The van der Waals surface area contributed by atoms with Gasteiger partial charge in [0.15, 0.2) is 0 Å². The van der Waals surface area contributed by atoms with Gasteiger partial charge in [-0.05, 0) is 146 Å². The molecule has 4 N–H and O–H groups in total. The van der Waals surface area contributed by atoms with Gasteiger partial charge in [-0.25, -0.2) is 4.79 Å². The average molecular weight is 651 g/mol. The third-order valence-corrected chi connectivity index (χ3v) is 14.8. The van der Waals surface area contributed by atoms with E-state index >= 15 is 0 Å². The van der Waals surface area contributed by atoms with Crippen molar-refractivity contribution in [2.75, 3.05) is 6.54 Å². The fourth-order valence-electron chi connectivity index (χ4n) is 11.4. The molecule has 0 saturated heterocycles. The molecule has 0 spiro atoms. The highest BCUT2D eigenvalue weighted by Crippen LogP contribution is 2.69. The Morgan fingerprint density at radius 3 is 2.29 bits per heavy atom. The van der Waals surface area contributed by atoms with E-state index in [1.807, 2.05) is 0 Å². The highest BCUT2D eigenvalue weighted by atomic mass is 32.2. The maximum absolute atomic E-state index is 13.4. The molecule has 1 aromatic carbocycles. The van der Waals surface area contributed by atoms with E-state index in [4.69, 9.17) is 0 Å². The van der Waals surface area contributed by atoms with E-state index in [0.29, 0.717) is 52.5 Å². The number of rotatable bonds is 8. The van der Waals surface area contributed by atoms with Crippen molar-refractivity contribution in [2.45, 2.75) is 127 Å². The molecule has 1 unspecified atom stereocenters. The van der Waals surface area contributed by atoms with Gasteiger partial charge in [0.2, 0.25) is 0 Å². The fourth-order valence-corrected chi connectivity index (χ4v) is 11.9. The van der Waals surface area contributed by atoms with Crippen LogP contribution in [0.4, 0.5) is 18.0 Å². The summed E-state index contributed by atoms with van der Waals surface area (Å²) in [6.07, 6.45) is 4.85. The standard InChI is InChI=1S/C36H53F3N2O3S/c1-5-25-29-20-23(42)12-15-34(29,4)28-13-16-33(3)26(10-11-27(33)30(28)31(25)43)21(2)14-19-40-32(44)41-45-24-8-6-22(7-9-24)35(17-18-35)36(37,38)39/h6-9,21,23,25-31,42-43H,5,10-20H2,1-4H3,(H2,40,41,44)/t21-,23-,25-,26-,27?,28+,29+,30+,31-,33-,34-/m1/s1. The molecule has 6 rings (SSSR count). The van der Waals surface area contributed by atoms with Crippen molar-refractivity contribution < 1.29 is 28.2 Å². The first kappa shape index (κ1) is 33.5. The van der Waals surface area contributed by atoms with Crippen molar-refractivity contribution >= 4 is 18.0 Å². The number of fused-ring (bicyclic) bond motifs is 5. The number of carbonyl (C=O) groups excluding carboxylic acids is 1. The van der Waals surface area contributed by atoms with E-state index in [9.17, 15) is 28.2 Å². The van der Waals surface area contributed by atoms with Crippen LogP contribution in [0.15, 0.2) is 29.2 Å². The van der Waals surface area contributed by atoms with Crippen LogP contribution >= 0.6 is 11.9 Å². The fraction of sp³-hybridized carbons (Fsp3) is 0.806. The molecule has 5 aliphatic rings. The SMILES string of the molecule is CC[C@H]1[C@@H](O)[C@H]2C3CC[C@H]([C@H](C)CCNC(=O)NSc4ccc(C5(C(F)(F)F)CC5)cc4)[C@@]3(C)CC[C@@H]2[C@@]2(C)CC[C@@H](O)C[C@@H]12. The molecule has 11 atom stereocenters. The third kappa shape index (κ3) is 5.72. The molecular weight excluding hydrogens is 597 g/mol. The lowest BCUT2D eigenvalue weighted by atomic mass is 9.41. The molecular formula is C36H53F3N2O3S. The van der Waals surface area contributed by atoms with Gasteiger partial charge in [-0.2, -0.15) is 13.2 Å². The Labute approximate surface area is 271 Å². The second-order valence-corrected chi connectivity index (χ2v) is 16.8. The number of amides is 2. The van der Waals surface area contributed by atoms with Gasteiger partial charge in [0, 0.05) is 11.4 Å². The van der Waals surface area contributed by atoms with Crippen molar-refractivity contribution in [3.05, 3.63) is 29.8 Å². The number of benzene rings is 1. The molecule has 0 radical (unpaired) electrons. The van der Waals surface area contributed by atoms with Crippen LogP contribution in [0.25, 0.3) is 0 Å². The van der Waals surface area contributed by atoms with Gasteiger partial charge >= 0.3 is 12.2 Å². The molecule has 9 heteroatoms. The normalized spacial score (nSPS) is 40.9. The molecule has 0 aromatic heterocycles. The summed E-state index contributed by atoms with van der Waals surface area (Å²) >= 11 is 1.11. The quantitative estimate of drug-likeness (QED) is 0.214. The second kappa shape index (κ2) is 12.2. The van der Waals surface area contributed by atoms with Crippen molar-refractivity contribution in [1.82, 2.24) is 10.0 Å². The lowest BCUT2D eigenvalue weighted by Crippen LogP contribution is -2.62. The van der Waals surface area contributed by atoms with Crippen molar-refractivity contribution in [1.29, 1.82) is 0 Å². The van der Waals surface area contributed by atoms with Gasteiger partial charge < -0.3 is 15.5 Å². The number of alkyl halides is 3. The summed E-state index contributed by atoms with van der Waals surface area (Å²) in [5.41, 5.74) is -1.01. The number of hydrogen-bond acceptors (Lipinski definition) is 4. The van der Waals surface area contributed by atoms with Crippen LogP contribution in [0.5, 0.6) is 0 Å². The smallest absolute Gasteiger partial charge is 0.393 e. The molecule has 5 aliphatic carbocycles. The van der Waals surface area contributed by atoms with E-state index in [1.165, 1.54) is 25.0 Å². The number of carbonyl (C=O) groups is 1. The van der Waals surface area contributed by atoms with Crippen LogP contribution in [0, 0.1) is 52.3 Å². The third-order valence-electron chi connectivity index (χ3n) is 14.0. The Balaban J connectivity index is 1.01. The first-order chi connectivity index (χ1) is 21.2. The number of aliphatic hydroxyl groups is 2. The molecule has 2 amide bonds. The highest BCUT2D eigenvalue weighted by Gasteiger charge is 2.65. The first-order valence-electron chi connectivity index (χ1n) is 17.5. The van der Waals surface area contributed by atoms with Crippen molar-refractivity contribution in [3.8, 4) is 0 Å². The van der Waals surface area contributed by atoms with E-state index in [0.717, 1.165) is 56.9 Å². The summed E-state index contributed by atoms with van der Waals surface area (Å²) in [6.45, 7) is 10.1. The number of hydrogen-bond donors (Lipinski definition) is 4. The minimum Gasteiger partial charge on any atom is -0.393 e. The molecule has 0 aliphatic heterocycles. The Morgan fingerprint density at radius 2 is 1.64 bits per heavy atom. The van der Waals surface area contributed by atoms with Gasteiger partial charge in [0.1, 0.15) is 0 Å². The average Bonchev–Trinajstić information content (AvgIpc) is 3.74. The summed E-state index contributed by atoms with van der Waals surface area (Å²) in [4.78, 5) is 13.3. The molecule has 5 saturated carbocycles. The lowest BCUT2D eigenvalue weighted by Gasteiger charge is -2.64. The summed E-state index contributed by atoms with van der Waals surface area (Å²) in [5.74, 6) is 3.04. The molecule has 0 heterocycles. The topological polar surface area (TPSA) is 81.6 Å². The Kier molecular flexibility index (Phi) is 9.08. The van der Waals surface area contributed by atoms with E-state index in [2.05, 4.69) is 37.7 Å². The van der Waals surface area contributed by atoms with Crippen LogP contribution in [-0.4, -0.2) is 41.2 Å². The summed E-state index contributed by atoms with van der Waals surface area (Å²) in [5, 5.41) is 25.5.